The molecule has 1 aliphatic heterocycles. The molecule has 0 bridgehead atoms. The maximum atomic E-state index is 12.7. The van der Waals surface area contributed by atoms with Gasteiger partial charge in [-0.25, -0.2) is 0 Å². The number of carbonyl (C=O) groups excluding carboxylic acids is 2. The summed E-state index contributed by atoms with van der Waals surface area (Å²) in [4.78, 5) is 27.0. The van der Waals surface area contributed by atoms with Crippen molar-refractivity contribution in [2.24, 2.45) is 0 Å². The third kappa shape index (κ3) is 4.71. The number of para-hydroxylation sites is 2. The molecule has 5 heteroatoms. The first-order chi connectivity index (χ1) is 13.6. The quantitative estimate of drug-likeness (QED) is 0.772. The predicted molar refractivity (Wildman–Crippen MR) is 111 cm³/mol. The second kappa shape index (κ2) is 9.40. The molecule has 1 fully saturated rings. The molecule has 148 valence electrons. The lowest BCUT2D eigenvalue weighted by atomic mass is 9.98. The van der Waals surface area contributed by atoms with Crippen molar-refractivity contribution in [1.82, 2.24) is 4.90 Å². The lowest BCUT2D eigenvalue weighted by molar-refractivity contribution is -0.118. The SMILES string of the molecule is CCC(C)c1ccccc1OCC(=O)Nc1ccccc1C(=O)N1CCCC1. The second-order valence-electron chi connectivity index (χ2n) is 7.23. The van der Waals surface area contributed by atoms with Gasteiger partial charge in [0.05, 0.1) is 11.3 Å². The fourth-order valence-corrected chi connectivity index (χ4v) is 3.44. The van der Waals surface area contributed by atoms with Crippen molar-refractivity contribution in [1.29, 1.82) is 0 Å². The monoisotopic (exact) mass is 380 g/mol. The molecule has 2 aromatic carbocycles. The highest BCUT2D eigenvalue weighted by Crippen LogP contribution is 2.28. The van der Waals surface area contributed by atoms with Gasteiger partial charge in [0.2, 0.25) is 0 Å². The van der Waals surface area contributed by atoms with Gasteiger partial charge in [-0.05, 0) is 48.9 Å². The van der Waals surface area contributed by atoms with Gasteiger partial charge < -0.3 is 15.0 Å². The average molecular weight is 380 g/mol. The normalized spacial score (nSPS) is 14.6. The van der Waals surface area contributed by atoms with Crippen LogP contribution < -0.4 is 10.1 Å². The maximum absolute atomic E-state index is 12.7. The molecular weight excluding hydrogens is 352 g/mol. The van der Waals surface area contributed by atoms with E-state index in [1.165, 1.54) is 0 Å². The fraction of sp³-hybridized carbons (Fsp3) is 0.391. The third-order valence-electron chi connectivity index (χ3n) is 5.25. The van der Waals surface area contributed by atoms with E-state index in [4.69, 9.17) is 4.74 Å². The zero-order valence-corrected chi connectivity index (χ0v) is 16.6. The minimum atomic E-state index is -0.277. The van der Waals surface area contributed by atoms with Gasteiger partial charge in [-0.2, -0.15) is 0 Å². The van der Waals surface area contributed by atoms with Crippen molar-refractivity contribution < 1.29 is 14.3 Å². The van der Waals surface area contributed by atoms with Crippen molar-refractivity contribution in [3.05, 3.63) is 59.7 Å². The molecule has 5 nitrogen and oxygen atoms in total. The van der Waals surface area contributed by atoms with Crippen molar-refractivity contribution in [2.45, 2.75) is 39.0 Å². The number of hydrogen-bond donors (Lipinski definition) is 1. The molecule has 0 saturated carbocycles. The highest BCUT2D eigenvalue weighted by atomic mass is 16.5. The van der Waals surface area contributed by atoms with Crippen LogP contribution in [0, 0.1) is 0 Å². The highest BCUT2D eigenvalue weighted by molar-refractivity contribution is 6.04. The van der Waals surface area contributed by atoms with Gasteiger partial charge in [0.15, 0.2) is 6.61 Å². The van der Waals surface area contributed by atoms with Crippen LogP contribution in [0.4, 0.5) is 5.69 Å². The molecule has 2 aromatic rings. The summed E-state index contributed by atoms with van der Waals surface area (Å²) in [6.07, 6.45) is 3.06. The first kappa shape index (κ1) is 19.9. The number of likely N-dealkylation sites (tertiary alicyclic amines) is 1. The number of nitrogens with one attached hydrogen (secondary N) is 1. The fourth-order valence-electron chi connectivity index (χ4n) is 3.44. The van der Waals surface area contributed by atoms with Gasteiger partial charge >= 0.3 is 0 Å². The number of rotatable bonds is 7. The maximum Gasteiger partial charge on any atom is 0.262 e. The van der Waals surface area contributed by atoms with E-state index in [1.807, 2.05) is 41.3 Å². The van der Waals surface area contributed by atoms with Gasteiger partial charge in [-0.1, -0.05) is 44.2 Å². The Bertz CT molecular complexity index is 828. The minimum Gasteiger partial charge on any atom is -0.483 e. The Morgan fingerprint density at radius 1 is 1.07 bits per heavy atom. The number of ether oxygens (including phenoxy) is 1. The summed E-state index contributed by atoms with van der Waals surface area (Å²) in [6.45, 7) is 5.72. The lowest BCUT2D eigenvalue weighted by Gasteiger charge is -2.18. The summed E-state index contributed by atoms with van der Waals surface area (Å²) in [5, 5.41) is 2.84. The van der Waals surface area contributed by atoms with E-state index < -0.39 is 0 Å². The average Bonchev–Trinajstić information content (AvgIpc) is 3.27. The molecular formula is C23H28N2O3. The van der Waals surface area contributed by atoms with Crippen LogP contribution in [0.1, 0.15) is 54.9 Å². The number of nitrogens with zero attached hydrogens (tertiary/aromatic N) is 1. The second-order valence-corrected chi connectivity index (χ2v) is 7.23. The van der Waals surface area contributed by atoms with Crippen LogP contribution in [0.3, 0.4) is 0 Å². The summed E-state index contributed by atoms with van der Waals surface area (Å²) in [7, 11) is 0. The summed E-state index contributed by atoms with van der Waals surface area (Å²) < 4.78 is 5.79. The van der Waals surface area contributed by atoms with Crippen molar-refractivity contribution in [3.8, 4) is 5.75 Å². The highest BCUT2D eigenvalue weighted by Gasteiger charge is 2.22. The Hall–Kier alpha value is -2.82. The largest absolute Gasteiger partial charge is 0.483 e. The number of anilines is 1. The van der Waals surface area contributed by atoms with E-state index in [0.29, 0.717) is 17.2 Å². The van der Waals surface area contributed by atoms with Crippen molar-refractivity contribution in [2.75, 3.05) is 25.0 Å². The summed E-state index contributed by atoms with van der Waals surface area (Å²) >= 11 is 0. The summed E-state index contributed by atoms with van der Waals surface area (Å²) in [5.41, 5.74) is 2.16. The minimum absolute atomic E-state index is 0.0311. The Kier molecular flexibility index (Phi) is 6.69. The molecule has 1 atom stereocenters. The first-order valence-corrected chi connectivity index (χ1v) is 10.00. The smallest absolute Gasteiger partial charge is 0.262 e. The molecule has 1 saturated heterocycles. The van der Waals surface area contributed by atoms with Crippen molar-refractivity contribution >= 4 is 17.5 Å². The van der Waals surface area contributed by atoms with E-state index in [0.717, 1.165) is 43.7 Å². The molecule has 0 aliphatic carbocycles. The van der Waals surface area contributed by atoms with Crippen LogP contribution in [0.2, 0.25) is 0 Å². The molecule has 0 radical (unpaired) electrons. The number of hydrogen-bond acceptors (Lipinski definition) is 3. The van der Waals surface area contributed by atoms with Crippen LogP contribution in [-0.4, -0.2) is 36.4 Å². The van der Waals surface area contributed by atoms with Crippen LogP contribution >= 0.6 is 0 Å². The topological polar surface area (TPSA) is 58.6 Å². The molecule has 2 amide bonds. The van der Waals surface area contributed by atoms with E-state index in [-0.39, 0.29) is 18.4 Å². The summed E-state index contributed by atoms with van der Waals surface area (Å²) in [5.74, 6) is 0.781. The molecule has 28 heavy (non-hydrogen) atoms. The first-order valence-electron chi connectivity index (χ1n) is 10.00. The molecule has 0 aromatic heterocycles. The van der Waals surface area contributed by atoms with Crippen LogP contribution in [0.15, 0.2) is 48.5 Å². The van der Waals surface area contributed by atoms with E-state index in [1.54, 1.807) is 12.1 Å². The van der Waals surface area contributed by atoms with Gasteiger partial charge in [0.25, 0.3) is 11.8 Å². The van der Waals surface area contributed by atoms with E-state index in [9.17, 15) is 9.59 Å². The zero-order valence-electron chi connectivity index (χ0n) is 16.6. The van der Waals surface area contributed by atoms with Crippen molar-refractivity contribution in [3.63, 3.8) is 0 Å². The standard InChI is InChI=1S/C23H28N2O3/c1-3-17(2)18-10-5-7-13-21(18)28-16-22(26)24-20-12-6-4-11-19(20)23(27)25-14-8-9-15-25/h4-7,10-13,17H,3,8-9,14-16H2,1-2H3,(H,24,26). The Labute approximate surface area is 166 Å². The Balaban J connectivity index is 1.66. The molecule has 1 aliphatic rings. The number of carbonyl (C=O) groups is 2. The third-order valence-corrected chi connectivity index (χ3v) is 5.25. The van der Waals surface area contributed by atoms with Gasteiger partial charge in [-0.3, -0.25) is 9.59 Å². The molecule has 1 heterocycles. The van der Waals surface area contributed by atoms with Crippen LogP contribution in [-0.2, 0) is 4.79 Å². The number of amides is 2. The van der Waals surface area contributed by atoms with Crippen LogP contribution in [0.25, 0.3) is 0 Å². The Morgan fingerprint density at radius 3 is 2.50 bits per heavy atom. The summed E-state index contributed by atoms with van der Waals surface area (Å²) in [6, 6.07) is 15.0. The molecule has 1 N–H and O–H groups in total. The molecule has 3 rings (SSSR count). The van der Waals surface area contributed by atoms with Gasteiger partial charge in [-0.15, -0.1) is 0 Å². The van der Waals surface area contributed by atoms with E-state index >= 15 is 0 Å². The predicted octanol–water partition coefficient (Wildman–Crippen LogP) is 4.45. The molecule has 1 unspecified atom stereocenters. The Morgan fingerprint density at radius 2 is 1.75 bits per heavy atom. The zero-order chi connectivity index (χ0) is 19.9. The van der Waals surface area contributed by atoms with Gasteiger partial charge in [0, 0.05) is 13.1 Å². The van der Waals surface area contributed by atoms with Crippen LogP contribution in [0.5, 0.6) is 5.75 Å². The molecule has 0 spiro atoms. The van der Waals surface area contributed by atoms with Gasteiger partial charge in [0.1, 0.15) is 5.75 Å². The van der Waals surface area contributed by atoms with E-state index in [2.05, 4.69) is 19.2 Å². The number of benzene rings is 2. The lowest BCUT2D eigenvalue weighted by Crippen LogP contribution is -2.29.